The molecule has 0 spiro atoms. The van der Waals surface area contributed by atoms with E-state index in [1.807, 2.05) is 0 Å². The number of halogens is 1. The number of hydrogen-bond donors (Lipinski definition) is 2. The molecule has 1 saturated heterocycles. The molecule has 0 bridgehead atoms. The summed E-state index contributed by atoms with van der Waals surface area (Å²) in [5.41, 5.74) is -2.84. The molecule has 3 rings (SSSR count). The van der Waals surface area contributed by atoms with Gasteiger partial charge in [0.2, 0.25) is 0 Å². The molecule has 1 aliphatic rings. The predicted molar refractivity (Wildman–Crippen MR) is 111 cm³/mol. The van der Waals surface area contributed by atoms with Gasteiger partial charge in [0, 0.05) is 24.7 Å². The van der Waals surface area contributed by atoms with Gasteiger partial charge in [-0.3, -0.25) is 19.1 Å². The van der Waals surface area contributed by atoms with Crippen molar-refractivity contribution >= 4 is 11.9 Å². The first-order chi connectivity index (χ1) is 15.8. The maximum Gasteiger partial charge on any atom is 0.341 e. The summed E-state index contributed by atoms with van der Waals surface area (Å²) in [6.07, 6.45) is -2.32. The van der Waals surface area contributed by atoms with Crippen molar-refractivity contribution < 1.29 is 38.4 Å². The van der Waals surface area contributed by atoms with E-state index in [1.54, 1.807) is 0 Å². The highest BCUT2D eigenvalue weighted by atomic mass is 19.2. The van der Waals surface area contributed by atoms with Gasteiger partial charge < -0.3 is 24.4 Å². The number of carbonyl (C=O) groups is 2. The van der Waals surface area contributed by atoms with Gasteiger partial charge in [-0.15, -0.1) is 0 Å². The number of nitrogens with zero attached hydrogens (tertiary/aromatic N) is 3. The van der Waals surface area contributed by atoms with Crippen LogP contribution in [0.2, 0.25) is 0 Å². The number of pyridine rings is 1. The Morgan fingerprint density at radius 3 is 2.56 bits per heavy atom. The molecule has 0 amide bonds. The molecule has 1 aliphatic heterocycles. The molecule has 0 aliphatic carbocycles. The van der Waals surface area contributed by atoms with Crippen LogP contribution in [0.25, 0.3) is 0 Å². The van der Waals surface area contributed by atoms with Crippen LogP contribution in [0.4, 0.5) is 4.39 Å². The highest BCUT2D eigenvalue weighted by Gasteiger charge is 2.57. The summed E-state index contributed by atoms with van der Waals surface area (Å²) in [6, 6.07) is 3.81. The average Bonchev–Trinajstić information content (AvgIpc) is 3.01. The van der Waals surface area contributed by atoms with Crippen molar-refractivity contribution in [2.24, 2.45) is 5.41 Å². The molecule has 4 atom stereocenters. The Kier molecular flexibility index (Phi) is 7.00. The van der Waals surface area contributed by atoms with Crippen molar-refractivity contribution in [3.05, 3.63) is 63.2 Å². The summed E-state index contributed by atoms with van der Waals surface area (Å²) in [5.74, 6) is -4.66. The first-order valence-electron chi connectivity index (χ1n) is 10.1. The Bertz CT molecular complexity index is 1170. The fourth-order valence-corrected chi connectivity index (χ4v) is 3.01. The lowest BCUT2D eigenvalue weighted by atomic mass is 9.97. The Balaban J connectivity index is 1.80. The normalized spacial score (nSPS) is 24.6. The average molecular weight is 481 g/mol. The number of esters is 2. The van der Waals surface area contributed by atoms with E-state index in [0.29, 0.717) is 9.13 Å². The molecule has 1 fully saturated rings. The third-order valence-electron chi connectivity index (χ3n) is 4.98. The SMILES string of the molecule is CC(C)(C)C(=O)OC[C@@]1(F)O[C@@H](n2ccc(=O)n(COC(=O)c3cccnc3)c2=O)[C@H](O)[C@@H]1O. The molecule has 0 unspecified atom stereocenters. The zero-order valence-electron chi connectivity index (χ0n) is 18.6. The smallest absolute Gasteiger partial charge is 0.341 e. The van der Waals surface area contributed by atoms with E-state index in [9.17, 15) is 29.4 Å². The second-order valence-corrected chi connectivity index (χ2v) is 8.63. The Morgan fingerprint density at radius 1 is 1.24 bits per heavy atom. The third-order valence-corrected chi connectivity index (χ3v) is 4.98. The van der Waals surface area contributed by atoms with Gasteiger partial charge >= 0.3 is 17.6 Å². The van der Waals surface area contributed by atoms with Crippen LogP contribution in [0.5, 0.6) is 0 Å². The first-order valence-corrected chi connectivity index (χ1v) is 10.1. The molecular weight excluding hydrogens is 457 g/mol. The quantitative estimate of drug-likeness (QED) is 0.526. The van der Waals surface area contributed by atoms with Gasteiger partial charge in [0.15, 0.2) is 19.6 Å². The highest BCUT2D eigenvalue weighted by molar-refractivity contribution is 5.88. The van der Waals surface area contributed by atoms with E-state index in [1.165, 1.54) is 45.3 Å². The highest BCUT2D eigenvalue weighted by Crippen LogP contribution is 2.38. The summed E-state index contributed by atoms with van der Waals surface area (Å²) >= 11 is 0. The van der Waals surface area contributed by atoms with Crippen molar-refractivity contribution in [2.75, 3.05) is 6.61 Å². The van der Waals surface area contributed by atoms with E-state index >= 15 is 4.39 Å². The molecule has 0 saturated carbocycles. The maximum absolute atomic E-state index is 15.2. The molecule has 3 heterocycles. The molecule has 13 heteroatoms. The molecule has 2 N–H and O–H groups in total. The van der Waals surface area contributed by atoms with Crippen molar-refractivity contribution in [3.63, 3.8) is 0 Å². The number of alkyl halides is 1. The fourth-order valence-electron chi connectivity index (χ4n) is 3.01. The minimum Gasteiger partial charge on any atom is -0.459 e. The summed E-state index contributed by atoms with van der Waals surface area (Å²) in [6.45, 7) is 2.77. The van der Waals surface area contributed by atoms with E-state index in [-0.39, 0.29) is 5.56 Å². The van der Waals surface area contributed by atoms with Crippen LogP contribution >= 0.6 is 0 Å². The van der Waals surface area contributed by atoms with Crippen LogP contribution in [0.1, 0.15) is 37.4 Å². The fraction of sp³-hybridized carbons (Fsp3) is 0.476. The number of aliphatic hydroxyl groups excluding tert-OH is 2. The van der Waals surface area contributed by atoms with Gasteiger partial charge in [-0.05, 0) is 32.9 Å². The second-order valence-electron chi connectivity index (χ2n) is 8.63. The second kappa shape index (κ2) is 9.44. The lowest BCUT2D eigenvalue weighted by molar-refractivity contribution is -0.219. The van der Waals surface area contributed by atoms with Gasteiger partial charge in [-0.2, -0.15) is 0 Å². The minimum absolute atomic E-state index is 0.0801. The zero-order chi connectivity index (χ0) is 25.3. The summed E-state index contributed by atoms with van der Waals surface area (Å²) in [4.78, 5) is 52.8. The van der Waals surface area contributed by atoms with Gasteiger partial charge in [0.25, 0.3) is 11.4 Å². The van der Waals surface area contributed by atoms with Crippen molar-refractivity contribution in [1.82, 2.24) is 14.1 Å². The van der Waals surface area contributed by atoms with Gasteiger partial charge in [0.05, 0.1) is 11.0 Å². The van der Waals surface area contributed by atoms with E-state index < -0.39 is 66.2 Å². The Morgan fingerprint density at radius 2 is 1.94 bits per heavy atom. The lowest BCUT2D eigenvalue weighted by Crippen LogP contribution is -2.44. The predicted octanol–water partition coefficient (Wildman–Crippen LogP) is -0.275. The topological polar surface area (TPSA) is 159 Å². The number of ether oxygens (including phenoxy) is 3. The molecule has 0 aromatic carbocycles. The number of aliphatic hydroxyl groups is 2. The molecule has 184 valence electrons. The minimum atomic E-state index is -3.03. The van der Waals surface area contributed by atoms with Gasteiger partial charge in [-0.25, -0.2) is 18.5 Å². The third kappa shape index (κ3) is 5.05. The molecule has 0 radical (unpaired) electrons. The summed E-state index contributed by atoms with van der Waals surface area (Å²) in [7, 11) is 0. The summed E-state index contributed by atoms with van der Waals surface area (Å²) < 4.78 is 31.3. The largest absolute Gasteiger partial charge is 0.459 e. The van der Waals surface area contributed by atoms with Crippen LogP contribution in [0.15, 0.2) is 46.4 Å². The van der Waals surface area contributed by atoms with Gasteiger partial charge in [-0.1, -0.05) is 0 Å². The number of rotatable bonds is 6. The summed E-state index contributed by atoms with van der Waals surface area (Å²) in [5, 5.41) is 20.5. The zero-order valence-corrected chi connectivity index (χ0v) is 18.6. The van der Waals surface area contributed by atoms with Crippen LogP contribution in [0.3, 0.4) is 0 Å². The maximum atomic E-state index is 15.2. The molecule has 12 nitrogen and oxygen atoms in total. The van der Waals surface area contributed by atoms with E-state index in [0.717, 1.165) is 12.3 Å². The van der Waals surface area contributed by atoms with Crippen molar-refractivity contribution in [3.8, 4) is 0 Å². The van der Waals surface area contributed by atoms with Crippen LogP contribution in [0, 0.1) is 5.41 Å². The molecule has 2 aromatic rings. The van der Waals surface area contributed by atoms with Gasteiger partial charge in [0.1, 0.15) is 12.2 Å². The van der Waals surface area contributed by atoms with Crippen LogP contribution in [-0.2, 0) is 25.7 Å². The standard InChI is InChI=1S/C21H24FN3O9/c1-20(2,3)18(30)32-10-21(22)15(28)14(27)16(34-21)24-8-6-13(26)25(19(24)31)11-33-17(29)12-5-4-7-23-9-12/h4-9,14-16,27-28H,10-11H2,1-3H3/t14-,15+,16-,21-/m1/s1. The monoisotopic (exact) mass is 481 g/mol. The van der Waals surface area contributed by atoms with Crippen molar-refractivity contribution in [2.45, 2.75) is 51.8 Å². The number of hydrogen-bond acceptors (Lipinski definition) is 10. The van der Waals surface area contributed by atoms with E-state index in [2.05, 4.69) is 4.98 Å². The Hall–Kier alpha value is -3.42. The number of aromatic nitrogens is 3. The first kappa shape index (κ1) is 25.2. The molecule has 2 aromatic heterocycles. The molecule has 34 heavy (non-hydrogen) atoms. The van der Waals surface area contributed by atoms with E-state index in [4.69, 9.17) is 14.2 Å². The number of carbonyl (C=O) groups excluding carboxylic acids is 2. The lowest BCUT2D eigenvalue weighted by Gasteiger charge is -2.25. The molecular formula is C21H24FN3O9. The van der Waals surface area contributed by atoms with Crippen LogP contribution < -0.4 is 11.2 Å². The Labute approximate surface area is 192 Å². The van der Waals surface area contributed by atoms with Crippen LogP contribution in [-0.4, -0.2) is 60.9 Å². The van der Waals surface area contributed by atoms with Crippen molar-refractivity contribution in [1.29, 1.82) is 0 Å².